The largest absolute Gasteiger partial charge is 0.497 e. The molecule has 0 aliphatic carbocycles. The molecule has 3 aromatic carbocycles. The van der Waals surface area contributed by atoms with E-state index in [-0.39, 0.29) is 0 Å². The highest BCUT2D eigenvalue weighted by atomic mass is 16.5. The molecule has 0 amide bonds. The zero-order valence-corrected chi connectivity index (χ0v) is 15.9. The number of aryl methyl sites for hydroxylation is 1. The smallest absolute Gasteiger partial charge is 0.181 e. The normalized spacial score (nSPS) is 18.7. The van der Waals surface area contributed by atoms with E-state index in [9.17, 15) is 0 Å². The molecular formula is C24H23NO2. The topological polar surface area (TPSA) is 30.8 Å². The molecule has 0 fully saturated rings. The summed E-state index contributed by atoms with van der Waals surface area (Å²) in [5, 5.41) is 0. The van der Waals surface area contributed by atoms with Gasteiger partial charge < -0.3 is 9.47 Å². The third kappa shape index (κ3) is 3.21. The van der Waals surface area contributed by atoms with Crippen molar-refractivity contribution in [1.82, 2.24) is 0 Å². The minimum atomic E-state index is -0.532. The molecule has 0 saturated carbocycles. The fraction of sp³-hybridized carbons (Fsp3) is 0.208. The van der Waals surface area contributed by atoms with E-state index in [2.05, 4.69) is 67.6 Å². The molecule has 1 aliphatic heterocycles. The standard InChI is InChI=1S/C24H23NO2/c1-17-6-4-7-19(14-17)20-8-5-9-22(15-20)24(16-27-18(2)25-24)21-10-12-23(26-3)13-11-21/h4-15H,16H2,1-3H3. The van der Waals surface area contributed by atoms with Crippen LogP contribution >= 0.6 is 0 Å². The Kier molecular flexibility index (Phi) is 4.44. The van der Waals surface area contributed by atoms with Crippen LogP contribution in [-0.2, 0) is 10.3 Å². The lowest BCUT2D eigenvalue weighted by molar-refractivity contribution is 0.280. The van der Waals surface area contributed by atoms with Gasteiger partial charge in [-0.3, -0.25) is 0 Å². The van der Waals surface area contributed by atoms with Crippen molar-refractivity contribution in [2.45, 2.75) is 19.4 Å². The lowest BCUT2D eigenvalue weighted by Gasteiger charge is -2.26. The van der Waals surface area contributed by atoms with E-state index in [4.69, 9.17) is 14.5 Å². The molecular weight excluding hydrogens is 334 g/mol. The maximum absolute atomic E-state index is 5.82. The predicted molar refractivity (Wildman–Crippen MR) is 109 cm³/mol. The van der Waals surface area contributed by atoms with Crippen molar-refractivity contribution in [2.75, 3.05) is 13.7 Å². The maximum atomic E-state index is 5.82. The Balaban J connectivity index is 1.83. The number of hydrogen-bond donors (Lipinski definition) is 0. The van der Waals surface area contributed by atoms with E-state index in [1.165, 1.54) is 16.7 Å². The average Bonchev–Trinajstić information content (AvgIpc) is 3.11. The van der Waals surface area contributed by atoms with Crippen molar-refractivity contribution >= 4 is 5.90 Å². The van der Waals surface area contributed by atoms with Gasteiger partial charge in [0, 0.05) is 6.92 Å². The van der Waals surface area contributed by atoms with Gasteiger partial charge in [0.15, 0.2) is 5.90 Å². The van der Waals surface area contributed by atoms with Crippen LogP contribution in [0.5, 0.6) is 5.75 Å². The van der Waals surface area contributed by atoms with Gasteiger partial charge in [0.05, 0.1) is 7.11 Å². The van der Waals surface area contributed by atoms with E-state index in [0.29, 0.717) is 12.5 Å². The van der Waals surface area contributed by atoms with Crippen LogP contribution in [0.15, 0.2) is 77.8 Å². The number of benzene rings is 3. The Morgan fingerprint density at radius 2 is 1.56 bits per heavy atom. The third-order valence-electron chi connectivity index (χ3n) is 5.10. The van der Waals surface area contributed by atoms with Crippen molar-refractivity contribution in [3.8, 4) is 16.9 Å². The first-order chi connectivity index (χ1) is 13.1. The van der Waals surface area contributed by atoms with Crippen molar-refractivity contribution < 1.29 is 9.47 Å². The molecule has 1 atom stereocenters. The molecule has 3 aromatic rings. The highest BCUT2D eigenvalue weighted by molar-refractivity contribution is 5.77. The van der Waals surface area contributed by atoms with Crippen LogP contribution in [0.1, 0.15) is 23.6 Å². The number of methoxy groups -OCH3 is 1. The van der Waals surface area contributed by atoms with Crippen LogP contribution < -0.4 is 4.74 Å². The fourth-order valence-electron chi connectivity index (χ4n) is 3.65. The molecule has 27 heavy (non-hydrogen) atoms. The molecule has 4 rings (SSSR count). The molecule has 0 aromatic heterocycles. The van der Waals surface area contributed by atoms with E-state index < -0.39 is 5.54 Å². The highest BCUT2D eigenvalue weighted by Crippen LogP contribution is 2.40. The van der Waals surface area contributed by atoms with Gasteiger partial charge in [-0.25, -0.2) is 4.99 Å². The Bertz CT molecular complexity index is 991. The number of rotatable bonds is 4. The molecule has 136 valence electrons. The van der Waals surface area contributed by atoms with Crippen LogP contribution in [0.4, 0.5) is 0 Å². The summed E-state index contributed by atoms with van der Waals surface area (Å²) in [4.78, 5) is 4.92. The van der Waals surface area contributed by atoms with Crippen molar-refractivity contribution in [2.24, 2.45) is 4.99 Å². The fourth-order valence-corrected chi connectivity index (χ4v) is 3.65. The van der Waals surface area contributed by atoms with Gasteiger partial charge in [-0.05, 0) is 47.4 Å². The van der Waals surface area contributed by atoms with Crippen LogP contribution in [-0.4, -0.2) is 19.6 Å². The first kappa shape index (κ1) is 17.3. The molecule has 3 nitrogen and oxygen atoms in total. The van der Waals surface area contributed by atoms with Crippen LogP contribution in [0.2, 0.25) is 0 Å². The summed E-state index contributed by atoms with van der Waals surface area (Å²) in [5.41, 5.74) is 5.34. The van der Waals surface area contributed by atoms with Gasteiger partial charge in [-0.1, -0.05) is 60.2 Å². The van der Waals surface area contributed by atoms with E-state index >= 15 is 0 Å². The van der Waals surface area contributed by atoms with Crippen molar-refractivity contribution in [3.63, 3.8) is 0 Å². The molecule has 0 saturated heterocycles. The van der Waals surface area contributed by atoms with Gasteiger partial charge in [-0.2, -0.15) is 0 Å². The van der Waals surface area contributed by atoms with Gasteiger partial charge in [0.25, 0.3) is 0 Å². The van der Waals surface area contributed by atoms with Gasteiger partial charge in [-0.15, -0.1) is 0 Å². The van der Waals surface area contributed by atoms with E-state index in [1.807, 2.05) is 19.1 Å². The van der Waals surface area contributed by atoms with Gasteiger partial charge in [0.2, 0.25) is 0 Å². The minimum Gasteiger partial charge on any atom is -0.497 e. The summed E-state index contributed by atoms with van der Waals surface area (Å²) in [5.74, 6) is 1.55. The van der Waals surface area contributed by atoms with Crippen LogP contribution in [0.3, 0.4) is 0 Å². The molecule has 1 heterocycles. The summed E-state index contributed by atoms with van der Waals surface area (Å²) in [7, 11) is 1.68. The maximum Gasteiger partial charge on any atom is 0.181 e. The third-order valence-corrected chi connectivity index (χ3v) is 5.10. The molecule has 1 unspecified atom stereocenters. The Morgan fingerprint density at radius 1 is 0.852 bits per heavy atom. The molecule has 1 aliphatic rings. The summed E-state index contributed by atoms with van der Waals surface area (Å²) < 4.78 is 11.1. The predicted octanol–water partition coefficient (Wildman–Crippen LogP) is 5.36. The quantitative estimate of drug-likeness (QED) is 0.629. The first-order valence-electron chi connectivity index (χ1n) is 9.12. The summed E-state index contributed by atoms with van der Waals surface area (Å²) in [6.45, 7) is 4.53. The SMILES string of the molecule is COc1ccc(C2(c3cccc(-c4cccc(C)c4)c3)COC(C)=N2)cc1. The monoisotopic (exact) mass is 357 g/mol. The number of nitrogens with zero attached hydrogens (tertiary/aromatic N) is 1. The Hall–Kier alpha value is -3.07. The minimum absolute atomic E-state index is 0.502. The Labute approximate surface area is 160 Å². The second-order valence-electron chi connectivity index (χ2n) is 6.96. The summed E-state index contributed by atoms with van der Waals surface area (Å²) >= 11 is 0. The lowest BCUT2D eigenvalue weighted by atomic mass is 9.83. The van der Waals surface area contributed by atoms with E-state index in [0.717, 1.165) is 16.9 Å². The first-order valence-corrected chi connectivity index (χ1v) is 9.12. The second-order valence-corrected chi connectivity index (χ2v) is 6.96. The molecule has 0 N–H and O–H groups in total. The number of aliphatic imine (C=N–C) groups is 1. The van der Waals surface area contributed by atoms with Crippen molar-refractivity contribution in [1.29, 1.82) is 0 Å². The summed E-state index contributed by atoms with van der Waals surface area (Å²) in [6.07, 6.45) is 0. The van der Waals surface area contributed by atoms with Gasteiger partial charge >= 0.3 is 0 Å². The molecule has 0 bridgehead atoms. The van der Waals surface area contributed by atoms with E-state index in [1.54, 1.807) is 7.11 Å². The Morgan fingerprint density at radius 3 is 2.19 bits per heavy atom. The zero-order chi connectivity index (χ0) is 18.9. The zero-order valence-electron chi connectivity index (χ0n) is 15.9. The summed E-state index contributed by atoms with van der Waals surface area (Å²) in [6, 6.07) is 25.3. The molecule has 0 radical (unpaired) electrons. The van der Waals surface area contributed by atoms with Crippen LogP contribution in [0.25, 0.3) is 11.1 Å². The average molecular weight is 357 g/mol. The van der Waals surface area contributed by atoms with Crippen LogP contribution in [0, 0.1) is 6.92 Å². The number of hydrogen-bond acceptors (Lipinski definition) is 3. The second kappa shape index (κ2) is 6.92. The molecule has 0 spiro atoms. The van der Waals surface area contributed by atoms with Crippen molar-refractivity contribution in [3.05, 3.63) is 89.5 Å². The number of ether oxygens (including phenoxy) is 2. The molecule has 3 heteroatoms. The highest BCUT2D eigenvalue weighted by Gasteiger charge is 2.39. The lowest BCUT2D eigenvalue weighted by Crippen LogP contribution is -2.27. The van der Waals surface area contributed by atoms with Gasteiger partial charge in [0.1, 0.15) is 17.9 Å².